The highest BCUT2D eigenvalue weighted by Crippen LogP contribution is 2.41. The second-order valence-electron chi connectivity index (χ2n) is 7.88. The maximum Gasteiger partial charge on any atom is 0.416 e. The summed E-state index contributed by atoms with van der Waals surface area (Å²) in [6, 6.07) is 7.05. The molecule has 1 fully saturated rings. The summed E-state index contributed by atoms with van der Waals surface area (Å²) in [7, 11) is 3.13. The van der Waals surface area contributed by atoms with Crippen molar-refractivity contribution in [2.75, 3.05) is 38.5 Å². The molecule has 1 heterocycles. The summed E-state index contributed by atoms with van der Waals surface area (Å²) >= 11 is 0. The number of nitrogens with zero attached hydrogens (tertiary/aromatic N) is 2. The topological polar surface area (TPSA) is 91.5 Å². The molecule has 176 valence electrons. The first-order chi connectivity index (χ1) is 15.8. The lowest BCUT2D eigenvalue weighted by Crippen LogP contribution is -2.10. The summed E-state index contributed by atoms with van der Waals surface area (Å²) in [5.41, 5.74) is 6.02. The maximum absolute atomic E-state index is 13.2. The predicted molar refractivity (Wildman–Crippen MR) is 119 cm³/mol. The first-order valence-electron chi connectivity index (χ1n) is 10.5. The fourth-order valence-corrected chi connectivity index (χ4v) is 3.49. The molecular weight excluding hydrogens is 437 g/mol. The van der Waals surface area contributed by atoms with Crippen molar-refractivity contribution in [3.63, 3.8) is 0 Å². The molecule has 33 heavy (non-hydrogen) atoms. The van der Waals surface area contributed by atoms with Crippen LogP contribution in [0.4, 0.5) is 24.7 Å². The van der Waals surface area contributed by atoms with Gasteiger partial charge in [-0.3, -0.25) is 0 Å². The van der Waals surface area contributed by atoms with Crippen molar-refractivity contribution in [2.45, 2.75) is 31.5 Å². The van der Waals surface area contributed by atoms with E-state index in [2.05, 4.69) is 15.3 Å². The molecule has 1 aromatic heterocycles. The van der Waals surface area contributed by atoms with E-state index in [1.807, 2.05) is 0 Å². The Bertz CT molecular complexity index is 1150. The minimum absolute atomic E-state index is 0.0476. The van der Waals surface area contributed by atoms with E-state index in [0.717, 1.165) is 25.0 Å². The van der Waals surface area contributed by atoms with Gasteiger partial charge in [0.05, 0.1) is 24.8 Å². The van der Waals surface area contributed by atoms with Gasteiger partial charge in [0.25, 0.3) is 0 Å². The Balaban J connectivity index is 1.69. The normalized spacial score (nSPS) is 13.8. The quantitative estimate of drug-likeness (QED) is 0.350. The molecule has 3 aromatic rings. The molecule has 1 aliphatic rings. The second-order valence-corrected chi connectivity index (χ2v) is 7.88. The number of anilines is 2. The monoisotopic (exact) mass is 462 g/mol. The molecule has 10 heteroatoms. The summed E-state index contributed by atoms with van der Waals surface area (Å²) < 4.78 is 55.8. The van der Waals surface area contributed by atoms with Gasteiger partial charge in [0.2, 0.25) is 0 Å². The van der Waals surface area contributed by atoms with Crippen LogP contribution in [0.25, 0.3) is 10.9 Å². The van der Waals surface area contributed by atoms with E-state index < -0.39 is 11.7 Å². The van der Waals surface area contributed by atoms with Crippen LogP contribution < -0.4 is 20.5 Å². The van der Waals surface area contributed by atoms with Crippen molar-refractivity contribution in [2.24, 2.45) is 0 Å². The van der Waals surface area contributed by atoms with E-state index in [9.17, 15) is 13.2 Å². The van der Waals surface area contributed by atoms with Crippen molar-refractivity contribution in [1.82, 2.24) is 9.97 Å². The zero-order valence-corrected chi connectivity index (χ0v) is 18.3. The number of nitrogen functional groups attached to an aromatic ring is 1. The molecule has 0 radical (unpaired) electrons. The molecule has 3 N–H and O–H groups in total. The fourth-order valence-electron chi connectivity index (χ4n) is 3.49. The van der Waals surface area contributed by atoms with Crippen LogP contribution in [0.5, 0.6) is 11.5 Å². The van der Waals surface area contributed by atoms with Crippen LogP contribution >= 0.6 is 0 Å². The number of nitrogens with two attached hydrogens (primary N) is 1. The number of fused-ring (bicyclic) bond motifs is 1. The molecule has 0 aliphatic heterocycles. The predicted octanol–water partition coefficient (Wildman–Crippen LogP) is 4.75. The molecule has 1 aliphatic carbocycles. The number of halogens is 3. The van der Waals surface area contributed by atoms with Gasteiger partial charge in [-0.25, -0.2) is 9.97 Å². The molecule has 7 nitrogen and oxygen atoms in total. The van der Waals surface area contributed by atoms with Crippen LogP contribution in [0, 0.1) is 0 Å². The number of nitrogens with one attached hydrogen (secondary N) is 1. The van der Waals surface area contributed by atoms with Crippen LogP contribution in [0.2, 0.25) is 0 Å². The van der Waals surface area contributed by atoms with Crippen molar-refractivity contribution in [1.29, 1.82) is 0 Å². The number of hydrogen-bond donors (Lipinski definition) is 2. The molecular formula is C23H25F3N4O3. The SMILES string of the molecule is COCCOc1cc2c(NCc3cc(N)cc(C(F)(F)F)c3)nc(C3CC3)nc2cc1OC. The van der Waals surface area contributed by atoms with Crippen molar-refractivity contribution in [3.05, 3.63) is 47.3 Å². The molecule has 0 saturated heterocycles. The fraction of sp³-hybridized carbons (Fsp3) is 0.391. The van der Waals surface area contributed by atoms with Crippen molar-refractivity contribution >= 4 is 22.4 Å². The summed E-state index contributed by atoms with van der Waals surface area (Å²) in [6.45, 7) is 0.836. The van der Waals surface area contributed by atoms with Gasteiger partial charge in [-0.2, -0.15) is 13.2 Å². The first kappa shape index (κ1) is 22.9. The van der Waals surface area contributed by atoms with Gasteiger partial charge in [0.1, 0.15) is 18.2 Å². The lowest BCUT2D eigenvalue weighted by Gasteiger charge is -2.16. The summed E-state index contributed by atoms with van der Waals surface area (Å²) in [5.74, 6) is 2.51. The standard InChI is InChI=1S/C23H25F3N4O3/c1-31-5-6-33-20-10-17-18(11-19(20)32-2)29-21(14-3-4-14)30-22(17)28-12-13-7-15(23(24,25)26)9-16(27)8-13/h7-11,14H,3-6,12,27H2,1-2H3,(H,28,29,30). The summed E-state index contributed by atoms with van der Waals surface area (Å²) in [4.78, 5) is 9.35. The van der Waals surface area contributed by atoms with E-state index in [1.54, 1.807) is 26.4 Å². The largest absolute Gasteiger partial charge is 0.493 e. The van der Waals surface area contributed by atoms with E-state index in [1.165, 1.54) is 6.07 Å². The lowest BCUT2D eigenvalue weighted by molar-refractivity contribution is -0.137. The Morgan fingerprint density at radius 2 is 1.82 bits per heavy atom. The van der Waals surface area contributed by atoms with Crippen molar-refractivity contribution < 1.29 is 27.4 Å². The average Bonchev–Trinajstić information content (AvgIpc) is 3.61. The molecule has 0 amide bonds. The maximum atomic E-state index is 13.2. The smallest absolute Gasteiger partial charge is 0.416 e. The average molecular weight is 462 g/mol. The third kappa shape index (κ3) is 5.39. The van der Waals surface area contributed by atoms with Gasteiger partial charge in [0, 0.05) is 36.7 Å². The van der Waals surface area contributed by atoms with Crippen LogP contribution in [-0.2, 0) is 17.5 Å². The third-order valence-corrected chi connectivity index (χ3v) is 5.29. The molecule has 0 spiro atoms. The second kappa shape index (κ2) is 9.30. The zero-order valence-electron chi connectivity index (χ0n) is 18.3. The van der Waals surface area contributed by atoms with Gasteiger partial charge >= 0.3 is 6.18 Å². The Morgan fingerprint density at radius 1 is 1.03 bits per heavy atom. The molecule has 0 unspecified atom stereocenters. The van der Waals surface area contributed by atoms with Gasteiger partial charge < -0.3 is 25.3 Å². The van der Waals surface area contributed by atoms with Crippen molar-refractivity contribution in [3.8, 4) is 11.5 Å². The number of methoxy groups -OCH3 is 2. The van der Waals surface area contributed by atoms with Gasteiger partial charge in [-0.1, -0.05) is 0 Å². The number of benzene rings is 2. The Hall–Kier alpha value is -3.27. The summed E-state index contributed by atoms with van der Waals surface area (Å²) in [6.07, 6.45) is -2.47. The number of ether oxygens (including phenoxy) is 3. The minimum atomic E-state index is -4.48. The Labute approximate surface area is 189 Å². The van der Waals surface area contributed by atoms with Crippen LogP contribution in [0.15, 0.2) is 30.3 Å². The number of hydrogen-bond acceptors (Lipinski definition) is 7. The number of aromatic nitrogens is 2. The van der Waals surface area contributed by atoms with Crippen LogP contribution in [-0.4, -0.2) is 37.4 Å². The minimum Gasteiger partial charge on any atom is -0.493 e. The Kier molecular flexibility index (Phi) is 6.46. The highest BCUT2D eigenvalue weighted by molar-refractivity contribution is 5.92. The number of rotatable bonds is 9. The molecule has 1 saturated carbocycles. The van der Waals surface area contributed by atoms with Gasteiger partial charge in [0.15, 0.2) is 11.5 Å². The number of alkyl halides is 3. The Morgan fingerprint density at radius 3 is 2.48 bits per heavy atom. The van der Waals surface area contributed by atoms with E-state index >= 15 is 0 Å². The summed E-state index contributed by atoms with van der Waals surface area (Å²) in [5, 5.41) is 3.84. The molecule has 2 aromatic carbocycles. The molecule has 4 rings (SSSR count). The van der Waals surface area contributed by atoms with E-state index in [-0.39, 0.29) is 18.2 Å². The first-order valence-corrected chi connectivity index (χ1v) is 10.5. The van der Waals surface area contributed by atoms with E-state index in [4.69, 9.17) is 19.9 Å². The van der Waals surface area contributed by atoms with E-state index in [0.29, 0.717) is 52.8 Å². The highest BCUT2D eigenvalue weighted by Gasteiger charge is 2.31. The highest BCUT2D eigenvalue weighted by atomic mass is 19.4. The molecule has 0 atom stereocenters. The third-order valence-electron chi connectivity index (χ3n) is 5.29. The van der Waals surface area contributed by atoms with Crippen LogP contribution in [0.3, 0.4) is 0 Å². The van der Waals surface area contributed by atoms with Crippen LogP contribution in [0.1, 0.15) is 35.7 Å². The van der Waals surface area contributed by atoms with Gasteiger partial charge in [-0.15, -0.1) is 0 Å². The van der Waals surface area contributed by atoms with Gasteiger partial charge in [-0.05, 0) is 42.7 Å². The zero-order chi connectivity index (χ0) is 23.6. The molecule has 0 bridgehead atoms. The lowest BCUT2D eigenvalue weighted by atomic mass is 10.1.